The molecule has 0 aliphatic carbocycles. The van der Waals surface area contributed by atoms with Crippen molar-refractivity contribution in [3.8, 4) is 0 Å². The summed E-state index contributed by atoms with van der Waals surface area (Å²) in [6, 6.07) is 11.5. The number of thioether (sulfide) groups is 1. The van der Waals surface area contributed by atoms with Crippen LogP contribution in [0.15, 0.2) is 48.5 Å². The average Bonchev–Trinajstić information content (AvgIpc) is 2.72. The number of carbonyl (C=O) groups excluding carboxylic acids is 2. The summed E-state index contributed by atoms with van der Waals surface area (Å²) in [5.74, 6) is -0.502. The van der Waals surface area contributed by atoms with Crippen molar-refractivity contribution in [2.45, 2.75) is 25.3 Å². The SMILES string of the molecule is CNC(=O)[C@H](C)N(Cc1ccccc1F)C(=O)CSCc1ccc([N+](=O)[O-])cc1. The highest BCUT2D eigenvalue weighted by atomic mass is 32.2. The molecule has 0 saturated carbocycles. The number of nitro groups is 1. The second-order valence-electron chi connectivity index (χ2n) is 6.32. The first-order valence-corrected chi connectivity index (χ1v) is 10.0. The number of hydrogen-bond acceptors (Lipinski definition) is 5. The largest absolute Gasteiger partial charge is 0.357 e. The third-order valence-corrected chi connectivity index (χ3v) is 5.34. The van der Waals surface area contributed by atoms with Gasteiger partial charge in [0.1, 0.15) is 11.9 Å². The number of carbonyl (C=O) groups is 2. The molecule has 0 spiro atoms. The van der Waals surface area contributed by atoms with E-state index in [1.165, 1.54) is 41.9 Å². The third kappa shape index (κ3) is 6.28. The molecule has 9 heteroatoms. The van der Waals surface area contributed by atoms with Gasteiger partial charge in [-0.2, -0.15) is 0 Å². The van der Waals surface area contributed by atoms with Crippen molar-refractivity contribution in [1.82, 2.24) is 10.2 Å². The molecule has 1 atom stereocenters. The summed E-state index contributed by atoms with van der Waals surface area (Å²) in [5.41, 5.74) is 1.18. The van der Waals surface area contributed by atoms with Crippen LogP contribution in [0, 0.1) is 15.9 Å². The molecule has 2 aromatic rings. The van der Waals surface area contributed by atoms with E-state index in [0.717, 1.165) is 5.56 Å². The summed E-state index contributed by atoms with van der Waals surface area (Å²) >= 11 is 1.32. The fraction of sp³-hybridized carbons (Fsp3) is 0.300. The zero-order valence-corrected chi connectivity index (χ0v) is 16.9. The van der Waals surface area contributed by atoms with E-state index in [-0.39, 0.29) is 29.8 Å². The smallest absolute Gasteiger partial charge is 0.269 e. The molecular weight excluding hydrogens is 397 g/mol. The van der Waals surface area contributed by atoms with Gasteiger partial charge >= 0.3 is 0 Å². The Labute approximate surface area is 172 Å². The van der Waals surface area contributed by atoms with Crippen LogP contribution in [-0.4, -0.2) is 40.5 Å². The minimum Gasteiger partial charge on any atom is -0.357 e. The van der Waals surface area contributed by atoms with E-state index in [1.807, 2.05) is 0 Å². The summed E-state index contributed by atoms with van der Waals surface area (Å²) in [5, 5.41) is 13.2. The van der Waals surface area contributed by atoms with Crippen LogP contribution in [0.25, 0.3) is 0 Å². The van der Waals surface area contributed by atoms with E-state index in [2.05, 4.69) is 5.32 Å². The molecule has 29 heavy (non-hydrogen) atoms. The van der Waals surface area contributed by atoms with Gasteiger partial charge in [-0.3, -0.25) is 19.7 Å². The van der Waals surface area contributed by atoms with Gasteiger partial charge in [-0.1, -0.05) is 30.3 Å². The van der Waals surface area contributed by atoms with Crippen LogP contribution in [0.1, 0.15) is 18.1 Å². The van der Waals surface area contributed by atoms with Gasteiger partial charge in [-0.05, 0) is 18.6 Å². The third-order valence-electron chi connectivity index (χ3n) is 4.35. The summed E-state index contributed by atoms with van der Waals surface area (Å²) in [7, 11) is 1.48. The standard InChI is InChI=1S/C20H22FN3O4S/c1-14(20(26)22-2)23(11-16-5-3-4-6-18(16)21)19(25)13-29-12-15-7-9-17(10-8-15)24(27)28/h3-10,14H,11-13H2,1-2H3,(H,22,26)/t14-/m0/s1. The predicted molar refractivity (Wildman–Crippen MR) is 110 cm³/mol. The molecule has 0 aliphatic heterocycles. The van der Waals surface area contributed by atoms with Crippen LogP contribution in [0.4, 0.5) is 10.1 Å². The molecule has 2 aromatic carbocycles. The molecular formula is C20H22FN3O4S. The Morgan fingerprint density at radius 1 is 1.21 bits per heavy atom. The second kappa shape index (κ2) is 10.6. The van der Waals surface area contributed by atoms with Crippen LogP contribution in [0.3, 0.4) is 0 Å². The highest BCUT2D eigenvalue weighted by molar-refractivity contribution is 7.99. The molecule has 2 rings (SSSR count). The Hall–Kier alpha value is -2.94. The Kier molecular flexibility index (Phi) is 8.14. The van der Waals surface area contributed by atoms with Crippen molar-refractivity contribution in [3.63, 3.8) is 0 Å². The van der Waals surface area contributed by atoms with Crippen molar-refractivity contribution in [2.24, 2.45) is 0 Å². The van der Waals surface area contributed by atoms with E-state index in [0.29, 0.717) is 11.3 Å². The quantitative estimate of drug-likeness (QED) is 0.498. The molecule has 154 valence electrons. The number of rotatable bonds is 9. The number of amides is 2. The molecule has 0 fully saturated rings. The van der Waals surface area contributed by atoms with Crippen LogP contribution in [0.5, 0.6) is 0 Å². The molecule has 0 radical (unpaired) electrons. The zero-order valence-electron chi connectivity index (χ0n) is 16.1. The average molecular weight is 419 g/mol. The van der Waals surface area contributed by atoms with Crippen molar-refractivity contribution in [2.75, 3.05) is 12.8 Å². The Balaban J connectivity index is 2.03. The lowest BCUT2D eigenvalue weighted by Crippen LogP contribution is -2.47. The lowest BCUT2D eigenvalue weighted by molar-refractivity contribution is -0.384. The monoisotopic (exact) mass is 419 g/mol. The lowest BCUT2D eigenvalue weighted by Gasteiger charge is -2.28. The lowest BCUT2D eigenvalue weighted by atomic mass is 10.1. The van der Waals surface area contributed by atoms with Crippen LogP contribution in [-0.2, 0) is 21.9 Å². The molecule has 0 bridgehead atoms. The fourth-order valence-corrected chi connectivity index (χ4v) is 3.53. The maximum absolute atomic E-state index is 14.0. The van der Waals surface area contributed by atoms with Crippen LogP contribution in [0.2, 0.25) is 0 Å². The van der Waals surface area contributed by atoms with Gasteiger partial charge in [-0.25, -0.2) is 4.39 Å². The number of likely N-dealkylation sites (N-methyl/N-ethyl adjacent to an activating group) is 1. The normalized spacial score (nSPS) is 11.6. The number of non-ortho nitro benzene ring substituents is 1. The van der Waals surface area contributed by atoms with E-state index in [9.17, 15) is 24.1 Å². The number of nitro benzene ring substituents is 1. The summed E-state index contributed by atoms with van der Waals surface area (Å²) in [4.78, 5) is 36.4. The molecule has 2 amide bonds. The first-order valence-electron chi connectivity index (χ1n) is 8.89. The fourth-order valence-electron chi connectivity index (χ4n) is 2.65. The van der Waals surface area contributed by atoms with E-state index < -0.39 is 16.8 Å². The van der Waals surface area contributed by atoms with Gasteiger partial charge in [0.15, 0.2) is 0 Å². The molecule has 7 nitrogen and oxygen atoms in total. The van der Waals surface area contributed by atoms with Crippen molar-refractivity contribution in [1.29, 1.82) is 0 Å². The summed E-state index contributed by atoms with van der Waals surface area (Å²) in [6.45, 7) is 1.58. The van der Waals surface area contributed by atoms with Crippen molar-refractivity contribution >= 4 is 29.3 Å². The second-order valence-corrected chi connectivity index (χ2v) is 7.31. The first-order chi connectivity index (χ1) is 13.8. The van der Waals surface area contributed by atoms with E-state index in [4.69, 9.17) is 0 Å². The predicted octanol–water partition coefficient (Wildman–Crippen LogP) is 3.13. The molecule has 0 aromatic heterocycles. The highest BCUT2D eigenvalue weighted by Gasteiger charge is 2.26. The Morgan fingerprint density at radius 3 is 2.45 bits per heavy atom. The highest BCUT2D eigenvalue weighted by Crippen LogP contribution is 2.19. The summed E-state index contributed by atoms with van der Waals surface area (Å²) in [6.07, 6.45) is 0. The minimum absolute atomic E-state index is 0.00490. The molecule has 0 aliphatic rings. The maximum Gasteiger partial charge on any atom is 0.269 e. The zero-order chi connectivity index (χ0) is 21.4. The van der Waals surface area contributed by atoms with Gasteiger partial charge in [0.25, 0.3) is 5.69 Å². The van der Waals surface area contributed by atoms with E-state index in [1.54, 1.807) is 37.3 Å². The Morgan fingerprint density at radius 2 is 1.86 bits per heavy atom. The number of halogens is 1. The maximum atomic E-state index is 14.0. The molecule has 1 N–H and O–H groups in total. The minimum atomic E-state index is -0.757. The number of hydrogen-bond donors (Lipinski definition) is 1. The van der Waals surface area contributed by atoms with Crippen molar-refractivity contribution in [3.05, 3.63) is 75.6 Å². The van der Waals surface area contributed by atoms with Gasteiger partial charge in [0.05, 0.1) is 10.7 Å². The van der Waals surface area contributed by atoms with Gasteiger partial charge in [0.2, 0.25) is 11.8 Å². The van der Waals surface area contributed by atoms with Crippen LogP contribution < -0.4 is 5.32 Å². The molecule has 0 saturated heterocycles. The Bertz CT molecular complexity index is 876. The number of benzene rings is 2. The van der Waals surface area contributed by atoms with E-state index >= 15 is 0 Å². The number of nitrogens with one attached hydrogen (secondary N) is 1. The molecule has 0 unspecified atom stereocenters. The molecule has 0 heterocycles. The van der Waals surface area contributed by atoms with Gasteiger partial charge in [-0.15, -0.1) is 11.8 Å². The van der Waals surface area contributed by atoms with Crippen molar-refractivity contribution < 1.29 is 18.9 Å². The first kappa shape index (κ1) is 22.4. The van der Waals surface area contributed by atoms with Gasteiger partial charge < -0.3 is 10.2 Å². The topological polar surface area (TPSA) is 92.6 Å². The number of nitrogens with zero attached hydrogens (tertiary/aromatic N) is 2. The van der Waals surface area contributed by atoms with Crippen LogP contribution >= 0.6 is 11.8 Å². The summed E-state index contributed by atoms with van der Waals surface area (Å²) < 4.78 is 14.0. The van der Waals surface area contributed by atoms with Gasteiger partial charge in [0, 0.05) is 37.0 Å².